The summed E-state index contributed by atoms with van der Waals surface area (Å²) in [6.07, 6.45) is 0. The number of amides is 1. The Morgan fingerprint density at radius 2 is 1.80 bits per heavy atom. The molecule has 0 saturated heterocycles. The third-order valence-corrected chi connectivity index (χ3v) is 4.05. The highest BCUT2D eigenvalue weighted by molar-refractivity contribution is 6.30. The van der Waals surface area contributed by atoms with E-state index >= 15 is 0 Å². The van der Waals surface area contributed by atoms with Gasteiger partial charge in [-0.05, 0) is 42.0 Å². The zero-order chi connectivity index (χ0) is 17.8. The maximum atomic E-state index is 12.4. The number of benzene rings is 2. The smallest absolute Gasteiger partial charge is 0.246 e. The molecule has 0 atom stereocenters. The molecule has 0 bridgehead atoms. The van der Waals surface area contributed by atoms with Gasteiger partial charge in [-0.25, -0.2) is 0 Å². The second-order valence-electron chi connectivity index (χ2n) is 5.89. The van der Waals surface area contributed by atoms with E-state index in [1.807, 2.05) is 43.3 Å². The molecule has 0 fully saturated rings. The van der Waals surface area contributed by atoms with Gasteiger partial charge in [0.25, 0.3) is 0 Å². The fourth-order valence-corrected chi connectivity index (χ4v) is 2.45. The van der Waals surface area contributed by atoms with Crippen LogP contribution in [0.1, 0.15) is 11.1 Å². The van der Waals surface area contributed by atoms with Crippen LogP contribution < -0.4 is 0 Å². The standard InChI is InChI=1S/C18H18ClN5O/c1-13-3-5-14(6-4-13)11-23(2)17(25)12-24-21-18(20-22-24)15-7-9-16(19)10-8-15/h3-10H,11-12H2,1-2H3. The highest BCUT2D eigenvalue weighted by Crippen LogP contribution is 2.17. The number of tetrazole rings is 1. The van der Waals surface area contributed by atoms with Crippen LogP contribution in [0, 0.1) is 6.92 Å². The molecule has 7 heteroatoms. The number of hydrogen-bond acceptors (Lipinski definition) is 4. The van der Waals surface area contributed by atoms with Crippen molar-refractivity contribution in [3.05, 3.63) is 64.7 Å². The fourth-order valence-electron chi connectivity index (χ4n) is 2.32. The number of aromatic nitrogens is 4. The fraction of sp³-hybridized carbons (Fsp3) is 0.222. The summed E-state index contributed by atoms with van der Waals surface area (Å²) < 4.78 is 0. The number of carbonyl (C=O) groups is 1. The summed E-state index contributed by atoms with van der Waals surface area (Å²) in [5.41, 5.74) is 3.07. The van der Waals surface area contributed by atoms with E-state index in [9.17, 15) is 4.79 Å². The van der Waals surface area contributed by atoms with Crippen molar-refractivity contribution in [3.63, 3.8) is 0 Å². The summed E-state index contributed by atoms with van der Waals surface area (Å²) in [6, 6.07) is 15.3. The normalized spacial score (nSPS) is 10.7. The number of hydrogen-bond donors (Lipinski definition) is 0. The molecular weight excluding hydrogens is 338 g/mol. The minimum absolute atomic E-state index is 0.0446. The maximum absolute atomic E-state index is 12.4. The van der Waals surface area contributed by atoms with E-state index in [0.717, 1.165) is 11.1 Å². The van der Waals surface area contributed by atoms with Gasteiger partial charge in [-0.15, -0.1) is 10.2 Å². The summed E-state index contributed by atoms with van der Waals surface area (Å²) in [6.45, 7) is 2.62. The van der Waals surface area contributed by atoms with Crippen molar-refractivity contribution in [1.29, 1.82) is 0 Å². The van der Waals surface area contributed by atoms with Crippen molar-refractivity contribution >= 4 is 17.5 Å². The Kier molecular flexibility index (Phi) is 5.09. The first-order valence-corrected chi connectivity index (χ1v) is 8.22. The largest absolute Gasteiger partial charge is 0.340 e. The predicted octanol–water partition coefficient (Wildman–Crippen LogP) is 2.96. The van der Waals surface area contributed by atoms with E-state index in [0.29, 0.717) is 17.4 Å². The Labute approximate surface area is 151 Å². The van der Waals surface area contributed by atoms with Gasteiger partial charge in [0, 0.05) is 24.2 Å². The van der Waals surface area contributed by atoms with Crippen LogP contribution in [0.3, 0.4) is 0 Å². The van der Waals surface area contributed by atoms with Gasteiger partial charge in [-0.3, -0.25) is 4.79 Å². The molecule has 0 aliphatic carbocycles. The first-order valence-electron chi connectivity index (χ1n) is 7.84. The zero-order valence-electron chi connectivity index (χ0n) is 14.1. The second kappa shape index (κ2) is 7.44. The van der Waals surface area contributed by atoms with Crippen LogP contribution in [-0.4, -0.2) is 38.1 Å². The van der Waals surface area contributed by atoms with Crippen molar-refractivity contribution in [3.8, 4) is 11.4 Å². The van der Waals surface area contributed by atoms with Gasteiger partial charge in [-0.2, -0.15) is 4.80 Å². The Bertz CT molecular complexity index is 858. The van der Waals surface area contributed by atoms with Crippen molar-refractivity contribution < 1.29 is 4.79 Å². The van der Waals surface area contributed by atoms with Crippen LogP contribution in [0.5, 0.6) is 0 Å². The molecule has 1 amide bonds. The maximum Gasteiger partial charge on any atom is 0.246 e. The van der Waals surface area contributed by atoms with E-state index in [1.54, 1.807) is 24.1 Å². The minimum Gasteiger partial charge on any atom is -0.340 e. The molecule has 0 unspecified atom stereocenters. The SMILES string of the molecule is Cc1ccc(CN(C)C(=O)Cn2nnc(-c3ccc(Cl)cc3)n2)cc1. The summed E-state index contributed by atoms with van der Waals surface area (Å²) in [4.78, 5) is 15.3. The molecular formula is C18H18ClN5O. The molecule has 0 N–H and O–H groups in total. The highest BCUT2D eigenvalue weighted by atomic mass is 35.5. The van der Waals surface area contributed by atoms with Gasteiger partial charge < -0.3 is 4.90 Å². The Morgan fingerprint density at radius 1 is 1.12 bits per heavy atom. The molecule has 25 heavy (non-hydrogen) atoms. The van der Waals surface area contributed by atoms with E-state index in [-0.39, 0.29) is 12.5 Å². The van der Waals surface area contributed by atoms with Crippen LogP contribution in [0.15, 0.2) is 48.5 Å². The quantitative estimate of drug-likeness (QED) is 0.705. The van der Waals surface area contributed by atoms with Gasteiger partial charge >= 0.3 is 0 Å². The van der Waals surface area contributed by atoms with Crippen LogP contribution in [0.4, 0.5) is 0 Å². The monoisotopic (exact) mass is 355 g/mol. The van der Waals surface area contributed by atoms with Crippen LogP contribution in [0.2, 0.25) is 5.02 Å². The molecule has 1 heterocycles. The topological polar surface area (TPSA) is 63.9 Å². The lowest BCUT2D eigenvalue weighted by Crippen LogP contribution is -2.30. The van der Waals surface area contributed by atoms with Crippen LogP contribution >= 0.6 is 11.6 Å². The van der Waals surface area contributed by atoms with Crippen molar-refractivity contribution in [2.24, 2.45) is 0 Å². The number of halogens is 1. The summed E-state index contributed by atoms with van der Waals surface area (Å²) in [7, 11) is 1.76. The number of aryl methyl sites for hydroxylation is 1. The van der Waals surface area contributed by atoms with Gasteiger partial charge in [0.2, 0.25) is 11.7 Å². The predicted molar refractivity (Wildman–Crippen MR) is 95.9 cm³/mol. The lowest BCUT2D eigenvalue weighted by molar-refractivity contribution is -0.131. The molecule has 0 aliphatic rings. The van der Waals surface area contributed by atoms with Gasteiger partial charge in [0.15, 0.2) is 0 Å². The van der Waals surface area contributed by atoms with Gasteiger partial charge in [-0.1, -0.05) is 41.4 Å². The number of carbonyl (C=O) groups excluding carboxylic acids is 1. The second-order valence-corrected chi connectivity index (χ2v) is 6.32. The van der Waals surface area contributed by atoms with Crippen molar-refractivity contribution in [2.45, 2.75) is 20.0 Å². The Balaban J connectivity index is 1.62. The molecule has 3 aromatic rings. The molecule has 0 radical (unpaired) electrons. The average Bonchev–Trinajstić information content (AvgIpc) is 3.06. The van der Waals surface area contributed by atoms with Crippen molar-refractivity contribution in [1.82, 2.24) is 25.1 Å². The summed E-state index contributed by atoms with van der Waals surface area (Å²) in [5.74, 6) is 0.381. The summed E-state index contributed by atoms with van der Waals surface area (Å²) in [5, 5.41) is 12.8. The minimum atomic E-state index is -0.0827. The third-order valence-electron chi connectivity index (χ3n) is 3.80. The molecule has 6 nitrogen and oxygen atoms in total. The van der Waals surface area contributed by atoms with E-state index in [4.69, 9.17) is 11.6 Å². The first kappa shape index (κ1) is 17.1. The van der Waals surface area contributed by atoms with Crippen molar-refractivity contribution in [2.75, 3.05) is 7.05 Å². The lowest BCUT2D eigenvalue weighted by Gasteiger charge is -2.16. The van der Waals surface area contributed by atoms with Crippen LogP contribution in [0.25, 0.3) is 11.4 Å². The van der Waals surface area contributed by atoms with E-state index in [2.05, 4.69) is 15.4 Å². The molecule has 3 rings (SSSR count). The number of rotatable bonds is 5. The molecule has 0 saturated carbocycles. The first-order chi connectivity index (χ1) is 12.0. The number of nitrogens with zero attached hydrogens (tertiary/aromatic N) is 5. The van der Waals surface area contributed by atoms with Gasteiger partial charge in [0.1, 0.15) is 6.54 Å². The molecule has 0 aliphatic heterocycles. The molecule has 128 valence electrons. The molecule has 2 aromatic carbocycles. The zero-order valence-corrected chi connectivity index (χ0v) is 14.8. The number of likely N-dealkylation sites (N-methyl/N-ethyl adjacent to an activating group) is 1. The average molecular weight is 356 g/mol. The Hall–Kier alpha value is -2.73. The van der Waals surface area contributed by atoms with Gasteiger partial charge in [0.05, 0.1) is 0 Å². The third kappa shape index (κ3) is 4.42. The highest BCUT2D eigenvalue weighted by Gasteiger charge is 2.13. The Morgan fingerprint density at radius 3 is 2.48 bits per heavy atom. The van der Waals surface area contributed by atoms with E-state index < -0.39 is 0 Å². The molecule has 1 aromatic heterocycles. The summed E-state index contributed by atoms with van der Waals surface area (Å²) >= 11 is 5.87. The van der Waals surface area contributed by atoms with E-state index in [1.165, 1.54) is 10.4 Å². The molecule has 0 spiro atoms. The van der Waals surface area contributed by atoms with Crippen LogP contribution in [-0.2, 0) is 17.9 Å². The lowest BCUT2D eigenvalue weighted by atomic mass is 10.1.